The number of nitrogens with zero attached hydrogens (tertiary/aromatic N) is 1. The van der Waals surface area contributed by atoms with Gasteiger partial charge in [-0.05, 0) is 30.5 Å². The summed E-state index contributed by atoms with van der Waals surface area (Å²) in [6, 6.07) is 27.3. The molecular formula is C28H32N2O3. The predicted octanol–water partition coefficient (Wildman–Crippen LogP) is 3.93. The minimum atomic E-state index is -0.868. The van der Waals surface area contributed by atoms with Crippen molar-refractivity contribution >= 4 is 5.91 Å². The number of benzene rings is 3. The molecule has 0 aromatic heterocycles. The van der Waals surface area contributed by atoms with E-state index in [1.165, 1.54) is 0 Å². The van der Waals surface area contributed by atoms with Crippen molar-refractivity contribution in [2.24, 2.45) is 0 Å². The van der Waals surface area contributed by atoms with Crippen LogP contribution in [0.25, 0.3) is 0 Å². The molecule has 172 valence electrons. The lowest BCUT2D eigenvalue weighted by atomic mass is 9.75. The topological polar surface area (TPSA) is 61.8 Å². The molecule has 2 N–H and O–H groups in total. The maximum Gasteiger partial charge on any atom is 0.235 e. The number of nitrogens with one attached hydrogen (secondary N) is 1. The van der Waals surface area contributed by atoms with E-state index in [0.717, 1.165) is 35.4 Å². The average Bonchev–Trinajstić information content (AvgIpc) is 3.28. The lowest BCUT2D eigenvalue weighted by molar-refractivity contribution is -0.125. The first-order chi connectivity index (χ1) is 16.0. The fourth-order valence-electron chi connectivity index (χ4n) is 4.69. The van der Waals surface area contributed by atoms with Crippen LogP contribution in [0, 0.1) is 0 Å². The van der Waals surface area contributed by atoms with Crippen molar-refractivity contribution in [2.75, 3.05) is 26.7 Å². The minimum absolute atomic E-state index is 0.0736. The van der Waals surface area contributed by atoms with E-state index in [-0.39, 0.29) is 18.1 Å². The first-order valence-electron chi connectivity index (χ1n) is 11.5. The number of para-hydroxylation sites is 1. The normalized spacial score (nSPS) is 17.5. The van der Waals surface area contributed by atoms with E-state index in [0.29, 0.717) is 13.1 Å². The van der Waals surface area contributed by atoms with Crippen molar-refractivity contribution in [2.45, 2.75) is 30.9 Å². The molecule has 0 bridgehead atoms. The van der Waals surface area contributed by atoms with Gasteiger partial charge in [-0.1, -0.05) is 78.9 Å². The Labute approximate surface area is 196 Å². The van der Waals surface area contributed by atoms with Crippen molar-refractivity contribution in [3.05, 3.63) is 102 Å². The first kappa shape index (κ1) is 23.0. The van der Waals surface area contributed by atoms with E-state index >= 15 is 0 Å². The zero-order valence-corrected chi connectivity index (χ0v) is 19.3. The molecule has 1 aliphatic heterocycles. The van der Waals surface area contributed by atoms with Crippen LogP contribution in [-0.2, 0) is 10.2 Å². The van der Waals surface area contributed by atoms with E-state index < -0.39 is 5.41 Å². The molecule has 1 fully saturated rings. The number of hydrogen-bond acceptors (Lipinski definition) is 4. The highest BCUT2D eigenvalue weighted by atomic mass is 16.5. The molecule has 0 saturated carbocycles. The van der Waals surface area contributed by atoms with Crippen molar-refractivity contribution in [1.82, 2.24) is 10.2 Å². The van der Waals surface area contributed by atoms with E-state index in [1.807, 2.05) is 91.9 Å². The van der Waals surface area contributed by atoms with Crippen LogP contribution in [0.5, 0.6) is 5.75 Å². The third-order valence-electron chi connectivity index (χ3n) is 6.66. The van der Waals surface area contributed by atoms with Crippen LogP contribution in [0.4, 0.5) is 0 Å². The van der Waals surface area contributed by atoms with Crippen LogP contribution in [0.1, 0.15) is 36.1 Å². The Hall–Kier alpha value is -3.15. The molecule has 0 spiro atoms. The molecule has 5 nitrogen and oxygen atoms in total. The monoisotopic (exact) mass is 444 g/mol. The van der Waals surface area contributed by atoms with Gasteiger partial charge in [-0.15, -0.1) is 0 Å². The van der Waals surface area contributed by atoms with Gasteiger partial charge < -0.3 is 15.2 Å². The molecular weight excluding hydrogens is 412 g/mol. The summed E-state index contributed by atoms with van der Waals surface area (Å²) in [4.78, 5) is 16.3. The lowest BCUT2D eigenvalue weighted by Crippen LogP contribution is -2.47. The summed E-state index contributed by atoms with van der Waals surface area (Å²) in [7, 11) is 1.65. The molecule has 5 heteroatoms. The molecule has 0 aliphatic carbocycles. The second-order valence-electron chi connectivity index (χ2n) is 8.83. The number of aliphatic hydroxyl groups excluding tert-OH is 1. The van der Waals surface area contributed by atoms with E-state index in [9.17, 15) is 9.90 Å². The van der Waals surface area contributed by atoms with Crippen LogP contribution >= 0.6 is 0 Å². The summed E-state index contributed by atoms with van der Waals surface area (Å²) >= 11 is 0. The number of β-amino-alcohol motifs (C(OH)–C–C–N with tert-alkyl or cyclic N) is 1. The molecule has 4 rings (SSSR count). The third-order valence-corrected chi connectivity index (χ3v) is 6.66. The molecule has 2 atom stereocenters. The van der Waals surface area contributed by atoms with Gasteiger partial charge in [0.25, 0.3) is 0 Å². The second kappa shape index (κ2) is 10.2. The number of aliphatic hydroxyl groups is 1. The summed E-state index contributed by atoms with van der Waals surface area (Å²) in [6.45, 7) is 3.99. The van der Waals surface area contributed by atoms with E-state index in [1.54, 1.807) is 7.11 Å². The maximum atomic E-state index is 14.1. The first-order valence-corrected chi connectivity index (χ1v) is 11.5. The van der Waals surface area contributed by atoms with Gasteiger partial charge in [0.05, 0.1) is 24.7 Å². The van der Waals surface area contributed by atoms with Crippen LogP contribution < -0.4 is 10.1 Å². The number of rotatable bonds is 8. The van der Waals surface area contributed by atoms with Gasteiger partial charge in [-0.2, -0.15) is 0 Å². The number of amides is 1. The molecule has 1 unspecified atom stereocenters. The standard InChI is InChI=1S/C28H32N2O3/c1-28(21-11-5-3-6-12-21,22-13-7-4-8-14-22)27(32)29-25(20-30-18-17-23(31)19-30)24-15-9-10-16-26(24)33-2/h3-16,23,25,31H,17-20H2,1-2H3,(H,29,32)/t23?,25-/m1/s1. The largest absolute Gasteiger partial charge is 0.496 e. The molecule has 1 amide bonds. The number of ether oxygens (including phenoxy) is 1. The second-order valence-corrected chi connectivity index (χ2v) is 8.83. The number of methoxy groups -OCH3 is 1. The van der Waals surface area contributed by atoms with Gasteiger partial charge in [0, 0.05) is 25.2 Å². The third kappa shape index (κ3) is 4.95. The SMILES string of the molecule is COc1ccccc1[C@@H](CN1CCC(O)C1)NC(=O)C(C)(c1ccccc1)c1ccccc1. The van der Waals surface area contributed by atoms with Crippen LogP contribution in [0.15, 0.2) is 84.9 Å². The Kier molecular flexibility index (Phi) is 7.11. The average molecular weight is 445 g/mol. The fourth-order valence-corrected chi connectivity index (χ4v) is 4.69. The Morgan fingerprint density at radius 1 is 1.03 bits per heavy atom. The van der Waals surface area contributed by atoms with Crippen LogP contribution in [0.2, 0.25) is 0 Å². The molecule has 3 aromatic carbocycles. The number of likely N-dealkylation sites (tertiary alicyclic amines) is 1. The highest BCUT2D eigenvalue weighted by molar-refractivity contribution is 5.92. The number of carbonyl (C=O) groups is 1. The Morgan fingerprint density at radius 2 is 1.61 bits per heavy atom. The maximum absolute atomic E-state index is 14.1. The molecule has 3 aromatic rings. The molecule has 1 saturated heterocycles. The quantitative estimate of drug-likeness (QED) is 0.553. The molecule has 33 heavy (non-hydrogen) atoms. The number of hydrogen-bond donors (Lipinski definition) is 2. The summed E-state index contributed by atoms with van der Waals surface area (Å²) in [5, 5.41) is 13.4. The van der Waals surface area contributed by atoms with Crippen molar-refractivity contribution < 1.29 is 14.6 Å². The minimum Gasteiger partial charge on any atom is -0.496 e. The smallest absolute Gasteiger partial charge is 0.235 e. The molecule has 1 aliphatic rings. The van der Waals surface area contributed by atoms with Gasteiger partial charge in [-0.25, -0.2) is 0 Å². The van der Waals surface area contributed by atoms with Crippen molar-refractivity contribution in [1.29, 1.82) is 0 Å². The summed E-state index contributed by atoms with van der Waals surface area (Å²) in [5.74, 6) is 0.666. The van der Waals surface area contributed by atoms with Gasteiger partial charge in [0.2, 0.25) is 5.91 Å². The summed E-state index contributed by atoms with van der Waals surface area (Å²) in [5.41, 5.74) is 1.93. The van der Waals surface area contributed by atoms with E-state index in [4.69, 9.17) is 4.74 Å². The Balaban J connectivity index is 1.71. The summed E-state index contributed by atoms with van der Waals surface area (Å²) in [6.07, 6.45) is 0.427. The highest BCUT2D eigenvalue weighted by Gasteiger charge is 2.39. The van der Waals surface area contributed by atoms with Crippen LogP contribution in [0.3, 0.4) is 0 Å². The summed E-state index contributed by atoms with van der Waals surface area (Å²) < 4.78 is 5.63. The van der Waals surface area contributed by atoms with Gasteiger partial charge >= 0.3 is 0 Å². The zero-order valence-electron chi connectivity index (χ0n) is 19.3. The fraction of sp³-hybridized carbons (Fsp3) is 0.321. The Bertz CT molecular complexity index is 1020. The van der Waals surface area contributed by atoms with Gasteiger partial charge in [0.15, 0.2) is 0 Å². The molecule has 1 heterocycles. The molecule has 0 radical (unpaired) electrons. The Morgan fingerprint density at radius 3 is 2.15 bits per heavy atom. The van der Waals surface area contributed by atoms with Gasteiger partial charge in [0.1, 0.15) is 5.75 Å². The lowest BCUT2D eigenvalue weighted by Gasteiger charge is -2.33. The van der Waals surface area contributed by atoms with Crippen molar-refractivity contribution in [3.8, 4) is 5.75 Å². The highest BCUT2D eigenvalue weighted by Crippen LogP contribution is 2.34. The predicted molar refractivity (Wildman–Crippen MR) is 130 cm³/mol. The van der Waals surface area contributed by atoms with Crippen LogP contribution in [-0.4, -0.2) is 48.8 Å². The van der Waals surface area contributed by atoms with Crippen molar-refractivity contribution in [3.63, 3.8) is 0 Å². The van der Waals surface area contributed by atoms with E-state index in [2.05, 4.69) is 10.2 Å². The number of carbonyl (C=O) groups excluding carboxylic acids is 1. The van der Waals surface area contributed by atoms with Gasteiger partial charge in [-0.3, -0.25) is 9.69 Å². The zero-order chi connectivity index (χ0) is 23.3.